The molecule has 0 radical (unpaired) electrons. The molecule has 0 atom stereocenters. The molecule has 0 aliphatic heterocycles. The van der Waals surface area contributed by atoms with Crippen LogP contribution in [0.1, 0.15) is 27.8 Å². The van der Waals surface area contributed by atoms with Crippen LogP contribution in [0, 0.1) is 20.8 Å². The van der Waals surface area contributed by atoms with E-state index in [4.69, 9.17) is 0 Å². The van der Waals surface area contributed by atoms with Crippen LogP contribution in [-0.4, -0.2) is 15.6 Å². The average molecular weight is 376 g/mol. The number of rotatable bonds is 5. The third kappa shape index (κ3) is 4.85. The van der Waals surface area contributed by atoms with E-state index in [-0.39, 0.29) is 11.7 Å². The van der Waals surface area contributed by atoms with Crippen LogP contribution in [0.25, 0.3) is 0 Å². The molecule has 6 nitrogen and oxygen atoms in total. The first kappa shape index (κ1) is 19.4. The lowest BCUT2D eigenvalue weighted by molar-refractivity contribution is 0.251. The highest BCUT2D eigenvalue weighted by Gasteiger charge is 2.07. The maximum absolute atomic E-state index is 12.3. The van der Waals surface area contributed by atoms with Gasteiger partial charge in [-0.15, -0.1) is 0 Å². The standard InChI is InChI=1S/C22H24N4O2/c1-15-10-16(2)20(17(3)11-15)13-24-21(27)25-19-7-4-6-18(12-19)14-26-9-5-8-23-22(26)28/h4-12H,13-14H2,1-3H3,(H2,24,25,27). The molecule has 2 N–H and O–H groups in total. The molecule has 0 aliphatic rings. The minimum absolute atomic E-state index is 0.268. The molecule has 0 bridgehead atoms. The van der Waals surface area contributed by atoms with Crippen LogP contribution in [0.5, 0.6) is 0 Å². The third-order valence-electron chi connectivity index (χ3n) is 4.59. The van der Waals surface area contributed by atoms with Gasteiger partial charge in [-0.2, -0.15) is 0 Å². The lowest BCUT2D eigenvalue weighted by atomic mass is 10.00. The normalized spacial score (nSPS) is 10.5. The van der Waals surface area contributed by atoms with Crippen molar-refractivity contribution < 1.29 is 4.79 Å². The lowest BCUT2D eigenvalue weighted by Gasteiger charge is -2.13. The first-order valence-corrected chi connectivity index (χ1v) is 9.14. The van der Waals surface area contributed by atoms with Crippen molar-refractivity contribution in [2.45, 2.75) is 33.9 Å². The highest BCUT2D eigenvalue weighted by atomic mass is 16.2. The van der Waals surface area contributed by atoms with Crippen LogP contribution in [0.4, 0.5) is 10.5 Å². The molecule has 0 fully saturated rings. The summed E-state index contributed by atoms with van der Waals surface area (Å²) in [6, 6.07) is 13.1. The van der Waals surface area contributed by atoms with Crippen molar-refractivity contribution in [1.29, 1.82) is 0 Å². The molecule has 1 aromatic heterocycles. The van der Waals surface area contributed by atoms with E-state index >= 15 is 0 Å². The Morgan fingerprint density at radius 3 is 2.54 bits per heavy atom. The maximum atomic E-state index is 12.3. The van der Waals surface area contributed by atoms with Crippen molar-refractivity contribution in [3.63, 3.8) is 0 Å². The number of nitrogens with one attached hydrogen (secondary N) is 2. The number of carbonyl (C=O) groups is 1. The number of nitrogens with zero attached hydrogens (tertiary/aromatic N) is 2. The number of amides is 2. The van der Waals surface area contributed by atoms with Crippen LogP contribution < -0.4 is 16.3 Å². The van der Waals surface area contributed by atoms with Gasteiger partial charge in [0, 0.05) is 24.6 Å². The maximum Gasteiger partial charge on any atom is 0.347 e. The minimum atomic E-state index is -0.303. The van der Waals surface area contributed by atoms with Crippen LogP contribution in [0.3, 0.4) is 0 Å². The number of hydrogen-bond donors (Lipinski definition) is 2. The first-order valence-electron chi connectivity index (χ1n) is 9.14. The monoisotopic (exact) mass is 376 g/mol. The Morgan fingerprint density at radius 2 is 1.82 bits per heavy atom. The number of urea groups is 1. The number of anilines is 1. The number of aromatic nitrogens is 2. The molecule has 2 amide bonds. The summed E-state index contributed by atoms with van der Waals surface area (Å²) < 4.78 is 1.52. The van der Waals surface area contributed by atoms with Gasteiger partial charge in [0.05, 0.1) is 6.54 Å². The predicted octanol–water partition coefficient (Wildman–Crippen LogP) is 3.54. The van der Waals surface area contributed by atoms with Gasteiger partial charge in [0.15, 0.2) is 0 Å². The molecule has 1 heterocycles. The summed E-state index contributed by atoms with van der Waals surface area (Å²) >= 11 is 0. The molecule has 0 aliphatic carbocycles. The molecular formula is C22H24N4O2. The first-order chi connectivity index (χ1) is 13.4. The molecule has 0 saturated carbocycles. The lowest BCUT2D eigenvalue weighted by Crippen LogP contribution is -2.29. The molecule has 2 aromatic carbocycles. The summed E-state index contributed by atoms with van der Waals surface area (Å²) in [6.45, 7) is 7.04. The van der Waals surface area contributed by atoms with Gasteiger partial charge in [0.2, 0.25) is 0 Å². The SMILES string of the molecule is Cc1cc(C)c(CNC(=O)Nc2cccc(Cn3cccnc3=O)c2)c(C)c1. The Kier molecular flexibility index (Phi) is 5.89. The van der Waals surface area contributed by atoms with E-state index in [1.807, 2.05) is 24.3 Å². The van der Waals surface area contributed by atoms with Gasteiger partial charge < -0.3 is 10.6 Å². The summed E-state index contributed by atoms with van der Waals surface area (Å²) in [4.78, 5) is 27.8. The van der Waals surface area contributed by atoms with Gasteiger partial charge >= 0.3 is 11.7 Å². The molecule has 3 rings (SSSR count). The van der Waals surface area contributed by atoms with Crippen LogP contribution in [-0.2, 0) is 13.1 Å². The third-order valence-corrected chi connectivity index (χ3v) is 4.59. The Morgan fingerprint density at radius 1 is 1.07 bits per heavy atom. The van der Waals surface area contributed by atoms with E-state index in [0.29, 0.717) is 18.8 Å². The summed E-state index contributed by atoms with van der Waals surface area (Å²) in [6.07, 6.45) is 3.16. The Balaban J connectivity index is 1.63. The fourth-order valence-electron chi connectivity index (χ4n) is 3.28. The minimum Gasteiger partial charge on any atom is -0.334 e. The second-order valence-electron chi connectivity index (χ2n) is 6.92. The topological polar surface area (TPSA) is 76.0 Å². The van der Waals surface area contributed by atoms with E-state index in [1.165, 1.54) is 27.5 Å². The zero-order valence-electron chi connectivity index (χ0n) is 16.3. The van der Waals surface area contributed by atoms with Crippen molar-refractivity contribution in [1.82, 2.24) is 14.9 Å². The van der Waals surface area contributed by atoms with Crippen LogP contribution in [0.15, 0.2) is 59.7 Å². The molecule has 0 spiro atoms. The summed E-state index contributed by atoms with van der Waals surface area (Å²) in [5.41, 5.74) is 5.95. The van der Waals surface area contributed by atoms with Crippen molar-refractivity contribution in [3.8, 4) is 0 Å². The molecule has 0 saturated heterocycles. The highest BCUT2D eigenvalue weighted by Crippen LogP contribution is 2.16. The number of benzene rings is 2. The Bertz CT molecular complexity index is 1030. The molecule has 144 valence electrons. The summed E-state index contributed by atoms with van der Waals surface area (Å²) in [7, 11) is 0. The number of carbonyl (C=O) groups excluding carboxylic acids is 1. The van der Waals surface area contributed by atoms with Crippen molar-refractivity contribution in [3.05, 3.63) is 93.2 Å². The second kappa shape index (κ2) is 8.52. The second-order valence-corrected chi connectivity index (χ2v) is 6.92. The van der Waals surface area contributed by atoms with Crippen molar-refractivity contribution in [2.24, 2.45) is 0 Å². The van der Waals surface area contributed by atoms with Crippen molar-refractivity contribution in [2.75, 3.05) is 5.32 Å². The quantitative estimate of drug-likeness (QED) is 0.715. The molecule has 3 aromatic rings. The van der Waals surface area contributed by atoms with Gasteiger partial charge in [-0.05, 0) is 61.2 Å². The van der Waals surface area contributed by atoms with E-state index in [9.17, 15) is 9.59 Å². The molecule has 0 unspecified atom stereocenters. The summed E-state index contributed by atoms with van der Waals surface area (Å²) in [5.74, 6) is 0. The van der Waals surface area contributed by atoms with Crippen LogP contribution in [0.2, 0.25) is 0 Å². The highest BCUT2D eigenvalue weighted by molar-refractivity contribution is 5.89. The Labute approximate surface area is 164 Å². The molecular weight excluding hydrogens is 352 g/mol. The average Bonchev–Trinajstić information content (AvgIpc) is 2.63. The summed E-state index contributed by atoms with van der Waals surface area (Å²) in [5, 5.41) is 5.76. The van der Waals surface area contributed by atoms with E-state index in [1.54, 1.807) is 12.3 Å². The predicted molar refractivity (Wildman–Crippen MR) is 111 cm³/mol. The zero-order valence-corrected chi connectivity index (χ0v) is 16.3. The van der Waals surface area contributed by atoms with Gasteiger partial charge in [-0.25, -0.2) is 14.6 Å². The van der Waals surface area contributed by atoms with Crippen LogP contribution >= 0.6 is 0 Å². The fourth-order valence-corrected chi connectivity index (χ4v) is 3.28. The van der Waals surface area contributed by atoms with Crippen molar-refractivity contribution >= 4 is 11.7 Å². The van der Waals surface area contributed by atoms with Gasteiger partial charge in [0.1, 0.15) is 0 Å². The number of hydrogen-bond acceptors (Lipinski definition) is 3. The smallest absolute Gasteiger partial charge is 0.334 e. The molecule has 28 heavy (non-hydrogen) atoms. The van der Waals surface area contributed by atoms with Gasteiger partial charge in [-0.1, -0.05) is 29.8 Å². The van der Waals surface area contributed by atoms with Gasteiger partial charge in [-0.3, -0.25) is 4.57 Å². The van der Waals surface area contributed by atoms with Gasteiger partial charge in [0.25, 0.3) is 0 Å². The molecule has 6 heteroatoms. The number of aryl methyl sites for hydroxylation is 3. The zero-order chi connectivity index (χ0) is 20.1. The van der Waals surface area contributed by atoms with E-state index in [2.05, 4.69) is 48.5 Å². The largest absolute Gasteiger partial charge is 0.347 e. The van der Waals surface area contributed by atoms with E-state index in [0.717, 1.165) is 11.1 Å². The fraction of sp³-hybridized carbons (Fsp3) is 0.227. The Hall–Kier alpha value is -3.41. The van der Waals surface area contributed by atoms with E-state index < -0.39 is 0 Å².